The normalized spacial score (nSPS) is 11.5. The van der Waals surface area contributed by atoms with Crippen LogP contribution in [0.5, 0.6) is 0 Å². The molecule has 0 fully saturated rings. The molecular weight excluding hydrogens is 460 g/mol. The van der Waals surface area contributed by atoms with Crippen LogP contribution in [0.3, 0.4) is 0 Å². The molecule has 4 rings (SSSR count). The lowest BCUT2D eigenvalue weighted by Gasteiger charge is -2.09. The maximum atomic E-state index is 14.6. The van der Waals surface area contributed by atoms with Gasteiger partial charge in [-0.05, 0) is 55.0 Å². The van der Waals surface area contributed by atoms with Crippen molar-refractivity contribution in [2.24, 2.45) is 0 Å². The second-order valence-electron chi connectivity index (χ2n) is 7.38. The number of hydrogen-bond donors (Lipinski definition) is 2. The highest BCUT2D eigenvalue weighted by atomic mass is 19.4. The minimum absolute atomic E-state index is 0.0519. The van der Waals surface area contributed by atoms with Gasteiger partial charge in [-0.1, -0.05) is 18.2 Å². The highest BCUT2D eigenvalue weighted by Gasteiger charge is 2.30. The number of amides is 1. The Morgan fingerprint density at radius 1 is 0.912 bits per heavy atom. The van der Waals surface area contributed by atoms with Gasteiger partial charge in [0.1, 0.15) is 29.0 Å². The number of hydrogen-bond acceptors (Lipinski definition) is 2. The number of alkyl halides is 3. The van der Waals surface area contributed by atoms with Gasteiger partial charge in [-0.2, -0.15) is 13.2 Å². The average Bonchev–Trinajstić information content (AvgIpc) is 3.16. The number of nitrogens with one attached hydrogen (secondary N) is 2. The minimum Gasteiger partial charge on any atom is -0.341 e. The largest absolute Gasteiger partial charge is 0.416 e. The van der Waals surface area contributed by atoms with Crippen molar-refractivity contribution < 1.29 is 31.1 Å². The van der Waals surface area contributed by atoms with Gasteiger partial charge in [0.15, 0.2) is 0 Å². The van der Waals surface area contributed by atoms with Crippen LogP contribution in [0.1, 0.15) is 21.7 Å². The van der Waals surface area contributed by atoms with E-state index in [-0.39, 0.29) is 39.6 Å². The van der Waals surface area contributed by atoms with Crippen LogP contribution in [-0.4, -0.2) is 15.9 Å². The maximum Gasteiger partial charge on any atom is 0.416 e. The van der Waals surface area contributed by atoms with Gasteiger partial charge >= 0.3 is 6.18 Å². The molecule has 0 atom stereocenters. The van der Waals surface area contributed by atoms with Gasteiger partial charge < -0.3 is 10.3 Å². The molecule has 0 saturated carbocycles. The quantitative estimate of drug-likeness (QED) is 0.321. The van der Waals surface area contributed by atoms with Crippen molar-refractivity contribution >= 4 is 11.6 Å². The Morgan fingerprint density at radius 2 is 1.59 bits per heavy atom. The number of anilines is 1. The lowest BCUT2D eigenvalue weighted by atomic mass is 10.0. The standard InChI is InChI=1S/C24H15F6N3O/c1-12-21(23(34)32-15-5-2-4-14(11-15)24(28,29)30)33-22(31-12)16-10-13(8-9-17(16)25)20-18(26)6-3-7-19(20)27/h2-11H,1H3,(H,31,33)(H,32,34). The number of carbonyl (C=O) groups is 1. The van der Waals surface area contributed by atoms with Crippen LogP contribution in [0.25, 0.3) is 22.5 Å². The summed E-state index contributed by atoms with van der Waals surface area (Å²) in [4.78, 5) is 19.4. The summed E-state index contributed by atoms with van der Waals surface area (Å²) >= 11 is 0. The molecule has 0 aliphatic rings. The van der Waals surface area contributed by atoms with Crippen LogP contribution in [0.15, 0.2) is 60.7 Å². The van der Waals surface area contributed by atoms with E-state index in [2.05, 4.69) is 15.3 Å². The Balaban J connectivity index is 1.67. The van der Waals surface area contributed by atoms with Gasteiger partial charge in [-0.3, -0.25) is 4.79 Å². The van der Waals surface area contributed by atoms with Crippen LogP contribution in [0.4, 0.5) is 32.0 Å². The van der Waals surface area contributed by atoms with Crippen LogP contribution >= 0.6 is 0 Å². The van der Waals surface area contributed by atoms with Gasteiger partial charge in [-0.15, -0.1) is 0 Å². The molecule has 10 heteroatoms. The first-order valence-corrected chi connectivity index (χ1v) is 9.84. The van der Waals surface area contributed by atoms with Crippen LogP contribution in [-0.2, 0) is 6.18 Å². The zero-order chi connectivity index (χ0) is 24.6. The molecule has 0 spiro atoms. The lowest BCUT2D eigenvalue weighted by Crippen LogP contribution is -2.14. The monoisotopic (exact) mass is 475 g/mol. The number of aromatic nitrogens is 2. The van der Waals surface area contributed by atoms with Crippen LogP contribution < -0.4 is 5.32 Å². The average molecular weight is 475 g/mol. The summed E-state index contributed by atoms with van der Waals surface area (Å²) in [6, 6.07) is 10.8. The zero-order valence-corrected chi connectivity index (χ0v) is 17.4. The Bertz CT molecular complexity index is 1370. The summed E-state index contributed by atoms with van der Waals surface area (Å²) in [6.07, 6.45) is -4.59. The van der Waals surface area contributed by atoms with Gasteiger partial charge in [-0.25, -0.2) is 18.2 Å². The van der Waals surface area contributed by atoms with Crippen molar-refractivity contribution in [3.05, 3.63) is 95.1 Å². The second kappa shape index (κ2) is 8.69. The lowest BCUT2D eigenvalue weighted by molar-refractivity contribution is -0.137. The summed E-state index contributed by atoms with van der Waals surface area (Å²) in [6.45, 7) is 1.47. The van der Waals surface area contributed by atoms with Crippen molar-refractivity contribution in [2.45, 2.75) is 13.1 Å². The molecule has 1 aromatic heterocycles. The van der Waals surface area contributed by atoms with E-state index >= 15 is 0 Å². The molecule has 4 aromatic rings. The second-order valence-corrected chi connectivity index (χ2v) is 7.38. The van der Waals surface area contributed by atoms with Gasteiger partial charge in [0.05, 0.1) is 16.7 Å². The Kier molecular flexibility index (Phi) is 5.90. The summed E-state index contributed by atoms with van der Waals surface area (Å²) in [5, 5.41) is 2.33. The zero-order valence-electron chi connectivity index (χ0n) is 17.4. The molecule has 1 heterocycles. The third kappa shape index (κ3) is 4.52. The number of rotatable bonds is 4. The molecule has 3 aromatic carbocycles. The fourth-order valence-electron chi connectivity index (χ4n) is 3.41. The summed E-state index contributed by atoms with van der Waals surface area (Å²) in [5.41, 5.74) is -1.47. The van der Waals surface area contributed by atoms with Crippen molar-refractivity contribution in [3.63, 3.8) is 0 Å². The Labute approximate surface area is 189 Å². The predicted molar refractivity (Wildman–Crippen MR) is 113 cm³/mol. The minimum atomic E-state index is -4.59. The smallest absolute Gasteiger partial charge is 0.341 e. The first-order valence-electron chi connectivity index (χ1n) is 9.84. The molecule has 1 amide bonds. The summed E-state index contributed by atoms with van der Waals surface area (Å²) < 4.78 is 81.7. The third-order valence-corrected chi connectivity index (χ3v) is 5.02. The molecular formula is C24H15F6N3O. The summed E-state index contributed by atoms with van der Waals surface area (Å²) in [7, 11) is 0. The van der Waals surface area contributed by atoms with Crippen LogP contribution in [0, 0.1) is 24.4 Å². The molecule has 0 unspecified atom stereocenters. The number of benzene rings is 3. The molecule has 34 heavy (non-hydrogen) atoms. The molecule has 0 saturated heterocycles. The van der Waals surface area contributed by atoms with E-state index < -0.39 is 35.1 Å². The first kappa shape index (κ1) is 23.1. The highest BCUT2D eigenvalue weighted by Crippen LogP contribution is 2.32. The molecule has 174 valence electrons. The third-order valence-electron chi connectivity index (χ3n) is 5.02. The van der Waals surface area contributed by atoms with E-state index in [1.807, 2.05) is 0 Å². The van der Waals surface area contributed by atoms with Crippen molar-refractivity contribution in [3.8, 4) is 22.5 Å². The fraction of sp³-hybridized carbons (Fsp3) is 0.0833. The SMILES string of the molecule is Cc1[nH]c(-c2cc(-c3c(F)cccc3F)ccc2F)nc1C(=O)Nc1cccc(C(F)(F)F)c1. The molecule has 2 N–H and O–H groups in total. The number of carbonyl (C=O) groups excluding carboxylic acids is 1. The number of aromatic amines is 1. The topological polar surface area (TPSA) is 57.8 Å². The van der Waals surface area contributed by atoms with E-state index in [0.717, 1.165) is 36.4 Å². The number of nitrogens with zero attached hydrogens (tertiary/aromatic N) is 1. The van der Waals surface area contributed by atoms with Crippen molar-refractivity contribution in [2.75, 3.05) is 5.32 Å². The maximum absolute atomic E-state index is 14.6. The van der Waals surface area contributed by atoms with E-state index in [1.165, 1.54) is 31.2 Å². The number of imidazole rings is 1. The van der Waals surface area contributed by atoms with Crippen molar-refractivity contribution in [1.82, 2.24) is 9.97 Å². The molecule has 0 aliphatic heterocycles. The highest BCUT2D eigenvalue weighted by molar-refractivity contribution is 6.04. The van der Waals surface area contributed by atoms with Gasteiger partial charge in [0.25, 0.3) is 5.91 Å². The Hall–Kier alpha value is -4.08. The van der Waals surface area contributed by atoms with E-state index in [9.17, 15) is 31.1 Å². The molecule has 4 nitrogen and oxygen atoms in total. The van der Waals surface area contributed by atoms with Gasteiger partial charge in [0.2, 0.25) is 0 Å². The van der Waals surface area contributed by atoms with E-state index in [0.29, 0.717) is 0 Å². The predicted octanol–water partition coefficient (Wildman–Crippen LogP) is 6.74. The molecule has 0 bridgehead atoms. The number of halogens is 6. The molecule has 0 aliphatic carbocycles. The van der Waals surface area contributed by atoms with E-state index in [1.54, 1.807) is 0 Å². The van der Waals surface area contributed by atoms with Gasteiger partial charge in [0, 0.05) is 11.4 Å². The number of H-pyrrole nitrogens is 1. The fourth-order valence-corrected chi connectivity index (χ4v) is 3.41. The van der Waals surface area contributed by atoms with E-state index in [4.69, 9.17) is 0 Å². The Morgan fingerprint density at radius 3 is 2.26 bits per heavy atom. The molecule has 0 radical (unpaired) electrons. The van der Waals surface area contributed by atoms with Crippen LogP contribution in [0.2, 0.25) is 0 Å². The van der Waals surface area contributed by atoms with Crippen molar-refractivity contribution in [1.29, 1.82) is 0 Å². The first-order chi connectivity index (χ1) is 16.0. The summed E-state index contributed by atoms with van der Waals surface area (Å²) in [5.74, 6) is -3.36. The number of aryl methyl sites for hydroxylation is 1.